The molecule has 0 unspecified atom stereocenters. The zero-order valence-electron chi connectivity index (χ0n) is 14.6. The number of amides is 2. The highest BCUT2D eigenvalue weighted by atomic mass is 79.9. The van der Waals surface area contributed by atoms with Gasteiger partial charge in [0, 0.05) is 4.47 Å². The third-order valence-electron chi connectivity index (χ3n) is 2.42. The second-order valence-corrected chi connectivity index (χ2v) is 7.91. The predicted molar refractivity (Wildman–Crippen MR) is 91.6 cm³/mol. The van der Waals surface area contributed by atoms with Crippen LogP contribution < -0.4 is 4.90 Å². The Labute approximate surface area is 145 Å². The Hall–Kier alpha value is -1.63. The molecule has 0 aliphatic rings. The second-order valence-electron chi connectivity index (χ2n) is 7.06. The van der Waals surface area contributed by atoms with Crippen LogP contribution in [0.1, 0.15) is 47.2 Å². The summed E-state index contributed by atoms with van der Waals surface area (Å²) in [6.07, 6.45) is -0.206. The maximum absolute atomic E-state index is 12.4. The lowest BCUT2D eigenvalue weighted by Crippen LogP contribution is -2.43. The van der Waals surface area contributed by atoms with Gasteiger partial charge >= 0.3 is 12.2 Å². The Bertz CT molecular complexity index is 575. The maximum Gasteiger partial charge on any atom is 0.424 e. The van der Waals surface area contributed by atoms with Crippen LogP contribution in [0.2, 0.25) is 0 Å². The molecule has 23 heavy (non-hydrogen) atoms. The lowest BCUT2D eigenvalue weighted by Gasteiger charge is -2.28. The Morgan fingerprint density at radius 3 is 1.83 bits per heavy atom. The van der Waals surface area contributed by atoms with Crippen molar-refractivity contribution in [2.75, 3.05) is 4.90 Å². The van der Waals surface area contributed by atoms with E-state index in [0.717, 1.165) is 10.6 Å². The number of hydrogen-bond acceptors (Lipinski definition) is 5. The fourth-order valence-corrected chi connectivity index (χ4v) is 1.86. The number of halogens is 1. The van der Waals surface area contributed by atoms with E-state index in [9.17, 15) is 9.59 Å². The van der Waals surface area contributed by atoms with Gasteiger partial charge in [0.05, 0.1) is 17.6 Å². The smallest absolute Gasteiger partial charge is 0.424 e. The summed E-state index contributed by atoms with van der Waals surface area (Å²) in [5.41, 5.74) is -0.479. The largest absolute Gasteiger partial charge is 0.443 e. The summed E-state index contributed by atoms with van der Waals surface area (Å²) in [7, 11) is 0. The van der Waals surface area contributed by atoms with Crippen LogP contribution >= 0.6 is 15.9 Å². The van der Waals surface area contributed by atoms with Crippen molar-refractivity contribution in [3.05, 3.63) is 22.4 Å². The van der Waals surface area contributed by atoms with Crippen LogP contribution in [0.4, 0.5) is 15.3 Å². The van der Waals surface area contributed by atoms with Crippen LogP contribution in [0.25, 0.3) is 0 Å². The maximum atomic E-state index is 12.4. The Morgan fingerprint density at radius 2 is 1.48 bits per heavy atom. The van der Waals surface area contributed by atoms with E-state index < -0.39 is 23.4 Å². The van der Waals surface area contributed by atoms with Crippen molar-refractivity contribution in [2.45, 2.75) is 59.7 Å². The highest BCUT2D eigenvalue weighted by molar-refractivity contribution is 9.10. The molecule has 0 N–H and O–H groups in total. The quantitative estimate of drug-likeness (QED) is 0.691. The number of ether oxygens (including phenoxy) is 2. The van der Waals surface area contributed by atoms with E-state index in [1.54, 1.807) is 54.5 Å². The first-order chi connectivity index (χ1) is 10.3. The molecule has 1 heterocycles. The summed E-state index contributed by atoms with van der Waals surface area (Å²) in [5.74, 6) is 0. The molecule has 0 aliphatic carbocycles. The summed E-state index contributed by atoms with van der Waals surface area (Å²) in [6, 6.07) is 1.62. The fourth-order valence-electron chi connectivity index (χ4n) is 1.52. The lowest BCUT2D eigenvalue weighted by atomic mass is 10.2. The number of carbonyl (C=O) groups is 2. The van der Waals surface area contributed by atoms with Crippen LogP contribution in [0.3, 0.4) is 0 Å². The highest BCUT2D eigenvalue weighted by Crippen LogP contribution is 2.25. The van der Waals surface area contributed by atoms with Gasteiger partial charge in [-0.1, -0.05) is 0 Å². The van der Waals surface area contributed by atoms with Crippen molar-refractivity contribution >= 4 is 33.8 Å². The molecule has 0 radical (unpaired) electrons. The average Bonchev–Trinajstić information content (AvgIpc) is 2.29. The summed E-state index contributed by atoms with van der Waals surface area (Å²) >= 11 is 3.34. The van der Waals surface area contributed by atoms with Gasteiger partial charge in [-0.3, -0.25) is 4.98 Å². The molecule has 0 bridgehead atoms. The zero-order chi connectivity index (χ0) is 18.0. The van der Waals surface area contributed by atoms with Gasteiger partial charge in [-0.2, -0.15) is 4.90 Å². The number of hydrogen-bond donors (Lipinski definition) is 0. The molecule has 0 saturated carbocycles. The van der Waals surface area contributed by atoms with Gasteiger partial charge < -0.3 is 9.47 Å². The molecule has 0 atom stereocenters. The summed E-state index contributed by atoms with van der Waals surface area (Å²) in [6.45, 7) is 12.1. The van der Waals surface area contributed by atoms with Gasteiger partial charge in [0.1, 0.15) is 11.2 Å². The molecular formula is C16H23BrN2O4. The zero-order valence-corrected chi connectivity index (χ0v) is 16.1. The Balaban J connectivity index is 3.22. The van der Waals surface area contributed by atoms with Gasteiger partial charge in [-0.15, -0.1) is 0 Å². The summed E-state index contributed by atoms with van der Waals surface area (Å²) in [5, 5.41) is 0. The molecule has 0 aliphatic heterocycles. The van der Waals surface area contributed by atoms with Gasteiger partial charge in [-0.25, -0.2) is 9.59 Å². The van der Waals surface area contributed by atoms with E-state index in [4.69, 9.17) is 9.47 Å². The topological polar surface area (TPSA) is 68.7 Å². The normalized spacial score (nSPS) is 11.8. The van der Waals surface area contributed by atoms with Crippen LogP contribution in [-0.2, 0) is 9.47 Å². The molecule has 0 spiro atoms. The van der Waals surface area contributed by atoms with Crippen molar-refractivity contribution in [3.63, 3.8) is 0 Å². The monoisotopic (exact) mass is 386 g/mol. The van der Waals surface area contributed by atoms with E-state index in [0.29, 0.717) is 4.47 Å². The second kappa shape index (κ2) is 6.86. The van der Waals surface area contributed by atoms with E-state index in [1.807, 2.05) is 0 Å². The molecule has 128 valence electrons. The number of anilines is 1. The first kappa shape index (κ1) is 19.4. The van der Waals surface area contributed by atoms with Gasteiger partial charge in [0.15, 0.2) is 0 Å². The van der Waals surface area contributed by atoms with E-state index >= 15 is 0 Å². The van der Waals surface area contributed by atoms with Crippen molar-refractivity contribution in [2.24, 2.45) is 0 Å². The minimum Gasteiger partial charge on any atom is -0.443 e. The molecular weight excluding hydrogens is 364 g/mol. The molecule has 7 heteroatoms. The number of pyridine rings is 1. The van der Waals surface area contributed by atoms with E-state index in [2.05, 4.69) is 20.9 Å². The van der Waals surface area contributed by atoms with Crippen molar-refractivity contribution < 1.29 is 19.1 Å². The first-order valence-electron chi connectivity index (χ1n) is 7.18. The van der Waals surface area contributed by atoms with E-state index in [-0.39, 0.29) is 5.69 Å². The molecule has 6 nitrogen and oxygen atoms in total. The molecule has 2 amide bonds. The SMILES string of the molecule is Cc1ncc(N(C(=O)OC(C)(C)C)C(=O)OC(C)(C)C)cc1Br. The number of carbonyl (C=O) groups excluding carboxylic acids is 2. The molecule has 0 aromatic carbocycles. The van der Waals surface area contributed by atoms with Crippen LogP contribution in [0.5, 0.6) is 0 Å². The first-order valence-corrected chi connectivity index (χ1v) is 7.98. The predicted octanol–water partition coefficient (Wildman–Crippen LogP) is 4.83. The van der Waals surface area contributed by atoms with Crippen LogP contribution in [0, 0.1) is 6.92 Å². The lowest BCUT2D eigenvalue weighted by molar-refractivity contribution is 0.0430. The fraction of sp³-hybridized carbons (Fsp3) is 0.562. The highest BCUT2D eigenvalue weighted by Gasteiger charge is 2.33. The summed E-state index contributed by atoms with van der Waals surface area (Å²) in [4.78, 5) is 29.9. The number of aryl methyl sites for hydroxylation is 1. The van der Waals surface area contributed by atoms with Crippen molar-refractivity contribution in [1.29, 1.82) is 0 Å². The number of imide groups is 1. The molecule has 1 aromatic heterocycles. The average molecular weight is 387 g/mol. The van der Waals surface area contributed by atoms with E-state index in [1.165, 1.54) is 6.20 Å². The van der Waals surface area contributed by atoms with Gasteiger partial charge in [-0.05, 0) is 70.5 Å². The number of rotatable bonds is 1. The molecule has 1 rings (SSSR count). The third-order valence-corrected chi connectivity index (χ3v) is 3.22. The number of nitrogens with zero attached hydrogens (tertiary/aromatic N) is 2. The molecule has 0 saturated heterocycles. The minimum atomic E-state index is -0.815. The molecule has 0 fully saturated rings. The van der Waals surface area contributed by atoms with Gasteiger partial charge in [0.2, 0.25) is 0 Å². The van der Waals surface area contributed by atoms with Crippen molar-refractivity contribution in [3.8, 4) is 0 Å². The Kier molecular flexibility index (Phi) is 5.79. The summed E-state index contributed by atoms with van der Waals surface area (Å²) < 4.78 is 11.3. The minimum absolute atomic E-state index is 0.269. The van der Waals surface area contributed by atoms with Crippen molar-refractivity contribution in [1.82, 2.24) is 4.98 Å². The van der Waals surface area contributed by atoms with Crippen LogP contribution in [-0.4, -0.2) is 28.4 Å². The third kappa shape index (κ3) is 6.17. The standard InChI is InChI=1S/C16H23BrN2O4/c1-10-12(17)8-11(9-18-10)19(13(20)22-15(2,3)4)14(21)23-16(5,6)7/h8-9H,1-7H3. The molecule has 1 aromatic rings. The van der Waals surface area contributed by atoms with Crippen LogP contribution in [0.15, 0.2) is 16.7 Å². The Morgan fingerprint density at radius 1 is 1.04 bits per heavy atom. The number of aromatic nitrogens is 1. The van der Waals surface area contributed by atoms with Gasteiger partial charge in [0.25, 0.3) is 0 Å².